The zero-order chi connectivity index (χ0) is 19.4. The molecule has 0 aliphatic rings. The number of hydrogen-bond donors (Lipinski definition) is 0. The molecule has 6 heteroatoms. The van der Waals surface area contributed by atoms with Crippen molar-refractivity contribution >= 4 is 0 Å². The number of hydrogen-bond acceptors (Lipinski definition) is 3. The van der Waals surface area contributed by atoms with E-state index in [-0.39, 0.29) is 6.61 Å². The van der Waals surface area contributed by atoms with Crippen LogP contribution in [0.1, 0.15) is 16.7 Å². The molecule has 0 atom stereocenters. The van der Waals surface area contributed by atoms with Crippen LogP contribution in [0.15, 0.2) is 60.9 Å². The van der Waals surface area contributed by atoms with Gasteiger partial charge in [-0.2, -0.15) is 13.2 Å². The number of nitrogens with zero attached hydrogens (tertiary/aromatic N) is 1. The SMILES string of the molecule is COc1cc(C)ccc1OCc1cncc(-c2cccc(C(F)(F)F)c2)c1. The lowest BCUT2D eigenvalue weighted by molar-refractivity contribution is -0.137. The molecule has 0 unspecified atom stereocenters. The first-order chi connectivity index (χ1) is 12.9. The van der Waals surface area contributed by atoms with Gasteiger partial charge in [-0.25, -0.2) is 0 Å². The molecule has 0 amide bonds. The highest BCUT2D eigenvalue weighted by Gasteiger charge is 2.30. The van der Waals surface area contributed by atoms with Crippen LogP contribution in [-0.2, 0) is 12.8 Å². The normalized spacial score (nSPS) is 11.3. The van der Waals surface area contributed by atoms with Gasteiger partial charge < -0.3 is 9.47 Å². The number of aromatic nitrogens is 1. The van der Waals surface area contributed by atoms with Gasteiger partial charge in [0.1, 0.15) is 6.61 Å². The fraction of sp³-hybridized carbons (Fsp3) is 0.190. The van der Waals surface area contributed by atoms with E-state index in [0.29, 0.717) is 22.6 Å². The van der Waals surface area contributed by atoms with Crippen LogP contribution in [0.2, 0.25) is 0 Å². The van der Waals surface area contributed by atoms with Gasteiger partial charge in [0.15, 0.2) is 11.5 Å². The predicted octanol–water partition coefficient (Wildman–Crippen LogP) is 5.66. The quantitative estimate of drug-likeness (QED) is 0.578. The van der Waals surface area contributed by atoms with Gasteiger partial charge in [0, 0.05) is 23.5 Å². The summed E-state index contributed by atoms with van der Waals surface area (Å²) < 4.78 is 49.9. The minimum absolute atomic E-state index is 0.221. The van der Waals surface area contributed by atoms with Gasteiger partial charge in [-0.3, -0.25) is 4.98 Å². The van der Waals surface area contributed by atoms with Crippen molar-refractivity contribution < 1.29 is 22.6 Å². The zero-order valence-corrected chi connectivity index (χ0v) is 14.9. The van der Waals surface area contributed by atoms with E-state index in [0.717, 1.165) is 23.3 Å². The van der Waals surface area contributed by atoms with Gasteiger partial charge in [-0.15, -0.1) is 0 Å². The molecule has 3 rings (SSSR count). The summed E-state index contributed by atoms with van der Waals surface area (Å²) in [6.07, 6.45) is -1.23. The second-order valence-corrected chi connectivity index (χ2v) is 6.10. The third kappa shape index (κ3) is 4.58. The fourth-order valence-corrected chi connectivity index (χ4v) is 2.65. The topological polar surface area (TPSA) is 31.4 Å². The monoisotopic (exact) mass is 373 g/mol. The standard InChI is InChI=1S/C21H18F3NO2/c1-14-6-7-19(20(8-14)26-2)27-13-15-9-17(12-25-11-15)16-4-3-5-18(10-16)21(22,23)24/h3-12H,13H2,1-2H3. The van der Waals surface area contributed by atoms with Gasteiger partial charge >= 0.3 is 6.18 Å². The third-order valence-corrected chi connectivity index (χ3v) is 4.03. The lowest BCUT2D eigenvalue weighted by Gasteiger charge is -2.12. The maximum Gasteiger partial charge on any atom is 0.416 e. The number of halogens is 3. The molecule has 0 aliphatic carbocycles. The molecule has 0 fully saturated rings. The van der Waals surface area contributed by atoms with E-state index in [2.05, 4.69) is 4.98 Å². The minimum Gasteiger partial charge on any atom is -0.493 e. The van der Waals surface area contributed by atoms with Crippen molar-refractivity contribution in [2.45, 2.75) is 19.7 Å². The van der Waals surface area contributed by atoms with Crippen molar-refractivity contribution in [1.82, 2.24) is 4.98 Å². The van der Waals surface area contributed by atoms with E-state index in [9.17, 15) is 13.2 Å². The van der Waals surface area contributed by atoms with Crippen LogP contribution in [-0.4, -0.2) is 12.1 Å². The highest BCUT2D eigenvalue weighted by molar-refractivity contribution is 5.64. The van der Waals surface area contributed by atoms with Crippen LogP contribution >= 0.6 is 0 Å². The van der Waals surface area contributed by atoms with Crippen molar-refractivity contribution in [2.24, 2.45) is 0 Å². The Balaban J connectivity index is 1.81. The molecule has 140 valence electrons. The molecule has 3 nitrogen and oxygen atoms in total. The molecule has 0 radical (unpaired) electrons. The fourth-order valence-electron chi connectivity index (χ4n) is 2.65. The molecule has 2 aromatic carbocycles. The molecule has 0 saturated heterocycles. The third-order valence-electron chi connectivity index (χ3n) is 4.03. The average Bonchev–Trinajstić information content (AvgIpc) is 2.66. The zero-order valence-electron chi connectivity index (χ0n) is 14.9. The lowest BCUT2D eigenvalue weighted by atomic mass is 10.0. The van der Waals surface area contributed by atoms with Crippen molar-refractivity contribution in [2.75, 3.05) is 7.11 Å². The van der Waals surface area contributed by atoms with Gasteiger partial charge in [0.2, 0.25) is 0 Å². The molecule has 1 aromatic heterocycles. The predicted molar refractivity (Wildman–Crippen MR) is 96.7 cm³/mol. The van der Waals surface area contributed by atoms with Crippen LogP contribution in [0.4, 0.5) is 13.2 Å². The van der Waals surface area contributed by atoms with Crippen molar-refractivity contribution in [3.05, 3.63) is 77.6 Å². The first kappa shape index (κ1) is 18.8. The lowest BCUT2D eigenvalue weighted by Crippen LogP contribution is -2.04. The molecule has 3 aromatic rings. The molecule has 0 aliphatic heterocycles. The van der Waals surface area contributed by atoms with Crippen LogP contribution in [0.5, 0.6) is 11.5 Å². The Bertz CT molecular complexity index is 939. The number of benzene rings is 2. The summed E-state index contributed by atoms with van der Waals surface area (Å²) in [5, 5.41) is 0. The first-order valence-corrected chi connectivity index (χ1v) is 8.26. The van der Waals surface area contributed by atoms with Gasteiger partial charge in [-0.05, 0) is 48.4 Å². The molecule has 0 bridgehead atoms. The highest BCUT2D eigenvalue weighted by atomic mass is 19.4. The number of aryl methyl sites for hydroxylation is 1. The highest BCUT2D eigenvalue weighted by Crippen LogP contribution is 2.32. The average molecular weight is 373 g/mol. The summed E-state index contributed by atoms with van der Waals surface area (Å²) in [6, 6.07) is 12.5. The van der Waals surface area contributed by atoms with E-state index in [1.54, 1.807) is 25.4 Å². The van der Waals surface area contributed by atoms with Crippen molar-refractivity contribution in [3.8, 4) is 22.6 Å². The summed E-state index contributed by atoms with van der Waals surface area (Å²) in [4.78, 5) is 4.13. The molecule has 1 heterocycles. The van der Waals surface area contributed by atoms with E-state index < -0.39 is 11.7 Å². The van der Waals surface area contributed by atoms with Crippen molar-refractivity contribution in [1.29, 1.82) is 0 Å². The second-order valence-electron chi connectivity index (χ2n) is 6.10. The summed E-state index contributed by atoms with van der Waals surface area (Å²) in [6.45, 7) is 2.17. The molecule has 0 N–H and O–H groups in total. The maximum atomic E-state index is 12.9. The summed E-state index contributed by atoms with van der Waals surface area (Å²) >= 11 is 0. The Hall–Kier alpha value is -3.02. The largest absolute Gasteiger partial charge is 0.493 e. The Morgan fingerprint density at radius 2 is 1.74 bits per heavy atom. The van der Waals surface area contributed by atoms with Crippen LogP contribution in [0, 0.1) is 6.92 Å². The molecule has 0 spiro atoms. The van der Waals surface area contributed by atoms with Crippen LogP contribution < -0.4 is 9.47 Å². The van der Waals surface area contributed by atoms with E-state index in [4.69, 9.17) is 9.47 Å². The van der Waals surface area contributed by atoms with Crippen molar-refractivity contribution in [3.63, 3.8) is 0 Å². The number of alkyl halides is 3. The van der Waals surface area contributed by atoms with Crippen LogP contribution in [0.25, 0.3) is 11.1 Å². The molecular weight excluding hydrogens is 355 g/mol. The number of rotatable bonds is 5. The molecular formula is C21H18F3NO2. The number of ether oxygens (including phenoxy) is 2. The maximum absolute atomic E-state index is 12.9. The Morgan fingerprint density at radius 3 is 2.48 bits per heavy atom. The van der Waals surface area contributed by atoms with Gasteiger partial charge in [-0.1, -0.05) is 18.2 Å². The summed E-state index contributed by atoms with van der Waals surface area (Å²) in [5.74, 6) is 1.21. The Morgan fingerprint density at radius 1 is 0.926 bits per heavy atom. The summed E-state index contributed by atoms with van der Waals surface area (Å²) in [5.41, 5.74) is 2.15. The second kappa shape index (κ2) is 7.70. The molecule has 27 heavy (non-hydrogen) atoms. The first-order valence-electron chi connectivity index (χ1n) is 8.26. The van der Waals surface area contributed by atoms with E-state index in [1.165, 1.54) is 12.3 Å². The summed E-state index contributed by atoms with van der Waals surface area (Å²) in [7, 11) is 1.57. The Labute approximate surface area is 155 Å². The number of pyridine rings is 1. The molecule has 0 saturated carbocycles. The minimum atomic E-state index is -4.38. The Kier molecular flexibility index (Phi) is 5.35. The number of methoxy groups -OCH3 is 1. The van der Waals surface area contributed by atoms with Crippen LogP contribution in [0.3, 0.4) is 0 Å². The van der Waals surface area contributed by atoms with Gasteiger partial charge in [0.25, 0.3) is 0 Å². The van der Waals surface area contributed by atoms with E-state index in [1.807, 2.05) is 25.1 Å². The smallest absolute Gasteiger partial charge is 0.416 e. The van der Waals surface area contributed by atoms with E-state index >= 15 is 0 Å². The van der Waals surface area contributed by atoms with Gasteiger partial charge in [0.05, 0.1) is 12.7 Å².